The number of carbonyl (C=O) groups is 2. The molecule has 0 fully saturated rings. The van der Waals surface area contributed by atoms with E-state index in [0.29, 0.717) is 5.69 Å². The molecule has 1 atom stereocenters. The van der Waals surface area contributed by atoms with Crippen molar-refractivity contribution in [2.75, 3.05) is 6.54 Å². The lowest BCUT2D eigenvalue weighted by atomic mass is 10.2. The molecule has 1 rings (SSSR count). The summed E-state index contributed by atoms with van der Waals surface area (Å²) >= 11 is 0. The van der Waals surface area contributed by atoms with Gasteiger partial charge >= 0.3 is 12.0 Å². The fraction of sp³-hybridized carbons (Fsp3) is 0.400. The summed E-state index contributed by atoms with van der Waals surface area (Å²) in [6.07, 6.45) is 0.00962. The Kier molecular flexibility index (Phi) is 5.52. The van der Waals surface area contributed by atoms with E-state index >= 15 is 0 Å². The second-order valence-electron chi connectivity index (χ2n) is 3.47. The molecule has 0 saturated heterocycles. The lowest BCUT2D eigenvalue weighted by Gasteiger charge is -2.08. The number of carboxylic acid groups (broad SMARTS) is 1. The largest absolute Gasteiger partial charge is 0.479 e. The van der Waals surface area contributed by atoms with E-state index in [2.05, 4.69) is 20.8 Å². The van der Waals surface area contributed by atoms with Crippen molar-refractivity contribution in [1.29, 1.82) is 0 Å². The first-order chi connectivity index (χ1) is 8.59. The highest BCUT2D eigenvalue weighted by Crippen LogP contribution is 1.91. The van der Waals surface area contributed by atoms with E-state index in [1.165, 1.54) is 6.20 Å². The van der Waals surface area contributed by atoms with Gasteiger partial charge in [0.15, 0.2) is 6.10 Å². The minimum Gasteiger partial charge on any atom is -0.479 e. The number of aliphatic carboxylic acids is 1. The van der Waals surface area contributed by atoms with Gasteiger partial charge in [0.2, 0.25) is 0 Å². The third kappa shape index (κ3) is 5.21. The molecule has 0 aliphatic carbocycles. The lowest BCUT2D eigenvalue weighted by molar-refractivity contribution is -0.146. The molecule has 0 bridgehead atoms. The van der Waals surface area contributed by atoms with Crippen LogP contribution in [0.15, 0.2) is 18.3 Å². The Morgan fingerprint density at radius 2 is 2.17 bits per heavy atom. The highest BCUT2D eigenvalue weighted by molar-refractivity contribution is 5.74. The van der Waals surface area contributed by atoms with E-state index in [9.17, 15) is 9.59 Å². The first-order valence-corrected chi connectivity index (χ1v) is 5.28. The summed E-state index contributed by atoms with van der Waals surface area (Å²) in [7, 11) is 0. The second kappa shape index (κ2) is 7.17. The molecule has 0 aliphatic rings. The molecule has 0 saturated carbocycles. The Balaban J connectivity index is 2.17. The van der Waals surface area contributed by atoms with Crippen LogP contribution in [0.2, 0.25) is 0 Å². The van der Waals surface area contributed by atoms with Crippen molar-refractivity contribution in [2.45, 2.75) is 19.1 Å². The van der Waals surface area contributed by atoms with Crippen molar-refractivity contribution >= 4 is 12.0 Å². The molecule has 1 aromatic heterocycles. The average Bonchev–Trinajstić information content (AvgIpc) is 2.37. The Hall–Kier alpha value is -2.22. The van der Waals surface area contributed by atoms with Crippen molar-refractivity contribution in [3.63, 3.8) is 0 Å². The van der Waals surface area contributed by atoms with Crippen molar-refractivity contribution < 1.29 is 19.8 Å². The molecule has 8 nitrogen and oxygen atoms in total. The molecule has 2 amide bonds. The number of carboxylic acids is 1. The van der Waals surface area contributed by atoms with Gasteiger partial charge < -0.3 is 20.8 Å². The van der Waals surface area contributed by atoms with Crippen LogP contribution in [-0.2, 0) is 11.3 Å². The third-order valence-electron chi connectivity index (χ3n) is 2.05. The quantitative estimate of drug-likeness (QED) is 0.522. The van der Waals surface area contributed by atoms with E-state index in [-0.39, 0.29) is 19.5 Å². The Morgan fingerprint density at radius 3 is 2.78 bits per heavy atom. The van der Waals surface area contributed by atoms with E-state index in [1.54, 1.807) is 12.1 Å². The number of carbonyl (C=O) groups excluding carboxylic acids is 1. The van der Waals surface area contributed by atoms with Gasteiger partial charge in [-0.25, -0.2) is 9.59 Å². The van der Waals surface area contributed by atoms with Crippen LogP contribution in [0.3, 0.4) is 0 Å². The van der Waals surface area contributed by atoms with Gasteiger partial charge in [0.05, 0.1) is 12.2 Å². The van der Waals surface area contributed by atoms with Gasteiger partial charge in [-0.2, -0.15) is 10.2 Å². The monoisotopic (exact) mass is 254 g/mol. The first kappa shape index (κ1) is 13.8. The van der Waals surface area contributed by atoms with Crippen LogP contribution in [0.1, 0.15) is 12.1 Å². The molecule has 1 heterocycles. The number of aliphatic hydroxyl groups is 1. The number of aromatic nitrogens is 2. The molecular formula is C10H14N4O4. The number of nitrogens with zero attached hydrogens (tertiary/aromatic N) is 2. The predicted octanol–water partition coefficient (Wildman–Crippen LogP) is -0.889. The summed E-state index contributed by atoms with van der Waals surface area (Å²) in [5, 5.41) is 29.7. The highest BCUT2D eigenvalue weighted by atomic mass is 16.4. The molecule has 0 aromatic carbocycles. The van der Waals surface area contributed by atoms with Gasteiger partial charge in [-0.1, -0.05) is 0 Å². The van der Waals surface area contributed by atoms with Crippen molar-refractivity contribution in [1.82, 2.24) is 20.8 Å². The molecule has 18 heavy (non-hydrogen) atoms. The molecule has 1 aromatic rings. The fourth-order valence-electron chi connectivity index (χ4n) is 1.11. The number of amides is 2. The van der Waals surface area contributed by atoms with Crippen LogP contribution in [0.5, 0.6) is 0 Å². The van der Waals surface area contributed by atoms with Gasteiger partial charge in [-0.05, 0) is 12.1 Å². The SMILES string of the molecule is O=C(NCCC(O)C(=O)O)NCc1cccnn1. The zero-order chi connectivity index (χ0) is 13.4. The van der Waals surface area contributed by atoms with Gasteiger partial charge in [0.1, 0.15) is 0 Å². The smallest absolute Gasteiger partial charge is 0.332 e. The molecule has 98 valence electrons. The number of aliphatic hydroxyl groups excluding tert-OH is 1. The van der Waals surface area contributed by atoms with Crippen LogP contribution < -0.4 is 10.6 Å². The number of urea groups is 1. The summed E-state index contributed by atoms with van der Waals surface area (Å²) in [6, 6.07) is 2.95. The van der Waals surface area contributed by atoms with Crippen molar-refractivity contribution in [2.24, 2.45) is 0 Å². The fourth-order valence-corrected chi connectivity index (χ4v) is 1.11. The van der Waals surface area contributed by atoms with E-state index in [4.69, 9.17) is 10.2 Å². The van der Waals surface area contributed by atoms with Crippen LogP contribution >= 0.6 is 0 Å². The summed E-state index contributed by atoms with van der Waals surface area (Å²) in [4.78, 5) is 21.6. The van der Waals surface area contributed by atoms with E-state index in [1.807, 2.05) is 0 Å². The second-order valence-corrected chi connectivity index (χ2v) is 3.47. The van der Waals surface area contributed by atoms with Crippen LogP contribution in [-0.4, -0.2) is 45.1 Å². The average molecular weight is 254 g/mol. The molecule has 1 unspecified atom stereocenters. The standard InChI is InChI=1S/C10H14N4O4/c15-8(9(16)17)3-5-11-10(18)12-6-7-2-1-4-13-14-7/h1-2,4,8,15H,3,5-6H2,(H,16,17)(H2,11,12,18). The Labute approximate surface area is 103 Å². The molecule has 4 N–H and O–H groups in total. The zero-order valence-corrected chi connectivity index (χ0v) is 9.54. The van der Waals surface area contributed by atoms with Gasteiger partial charge in [0.25, 0.3) is 0 Å². The number of nitrogens with one attached hydrogen (secondary N) is 2. The summed E-state index contributed by atoms with van der Waals surface area (Å²) in [5.41, 5.74) is 0.609. The molecule has 0 spiro atoms. The summed E-state index contributed by atoms with van der Waals surface area (Å²) < 4.78 is 0. The van der Waals surface area contributed by atoms with Gasteiger partial charge in [-0.15, -0.1) is 0 Å². The van der Waals surface area contributed by atoms with Crippen LogP contribution in [0, 0.1) is 0 Å². The number of hydrogen-bond donors (Lipinski definition) is 4. The third-order valence-corrected chi connectivity index (χ3v) is 2.05. The number of hydrogen-bond acceptors (Lipinski definition) is 5. The highest BCUT2D eigenvalue weighted by Gasteiger charge is 2.12. The van der Waals surface area contributed by atoms with E-state index in [0.717, 1.165) is 0 Å². The van der Waals surface area contributed by atoms with Gasteiger partial charge in [0, 0.05) is 19.2 Å². The Morgan fingerprint density at radius 1 is 1.39 bits per heavy atom. The Bertz CT molecular complexity index is 398. The summed E-state index contributed by atoms with van der Waals surface area (Å²) in [6.45, 7) is 0.293. The molecule has 0 aliphatic heterocycles. The molecule has 0 radical (unpaired) electrons. The maximum Gasteiger partial charge on any atom is 0.332 e. The van der Waals surface area contributed by atoms with Gasteiger partial charge in [-0.3, -0.25) is 0 Å². The normalized spacial score (nSPS) is 11.6. The maximum absolute atomic E-state index is 11.3. The number of rotatable bonds is 6. The topological polar surface area (TPSA) is 124 Å². The molecular weight excluding hydrogens is 240 g/mol. The lowest BCUT2D eigenvalue weighted by Crippen LogP contribution is -2.37. The minimum absolute atomic E-state index is 0.0477. The van der Waals surface area contributed by atoms with Crippen LogP contribution in [0.25, 0.3) is 0 Å². The summed E-state index contributed by atoms with van der Waals surface area (Å²) in [5.74, 6) is -1.31. The minimum atomic E-state index is -1.47. The van der Waals surface area contributed by atoms with Crippen molar-refractivity contribution in [3.8, 4) is 0 Å². The van der Waals surface area contributed by atoms with Crippen LogP contribution in [0.4, 0.5) is 4.79 Å². The predicted molar refractivity (Wildman–Crippen MR) is 60.5 cm³/mol. The van der Waals surface area contributed by atoms with E-state index < -0.39 is 18.1 Å². The first-order valence-electron chi connectivity index (χ1n) is 5.28. The maximum atomic E-state index is 11.3. The van der Waals surface area contributed by atoms with Crippen molar-refractivity contribution in [3.05, 3.63) is 24.0 Å². The zero-order valence-electron chi connectivity index (χ0n) is 9.54. The molecule has 8 heteroatoms.